The number of benzene rings is 1. The highest BCUT2D eigenvalue weighted by atomic mass is 35.5. The standard InChI is InChI=1S/C15H17ClN2O2/c16-14-9-5-4-6-12(14)10-17-18-15(19)11-20-13-7-2-1-3-8-13/h4-7,9-10H,1-3,8,11H2,(H,18,19)/b17-10-. The maximum atomic E-state index is 11.6. The van der Waals surface area contributed by atoms with Crippen molar-refractivity contribution in [3.8, 4) is 0 Å². The van der Waals surface area contributed by atoms with Crippen LogP contribution in [-0.2, 0) is 9.53 Å². The number of hydrogen-bond donors (Lipinski definition) is 1. The molecule has 0 atom stereocenters. The lowest BCUT2D eigenvalue weighted by Crippen LogP contribution is -2.23. The van der Waals surface area contributed by atoms with E-state index in [0.29, 0.717) is 5.02 Å². The van der Waals surface area contributed by atoms with Crippen LogP contribution in [0.3, 0.4) is 0 Å². The number of halogens is 1. The van der Waals surface area contributed by atoms with Gasteiger partial charge in [-0.3, -0.25) is 4.79 Å². The molecule has 5 heteroatoms. The summed E-state index contributed by atoms with van der Waals surface area (Å²) in [5, 5.41) is 4.45. The van der Waals surface area contributed by atoms with Crippen molar-refractivity contribution < 1.29 is 9.53 Å². The van der Waals surface area contributed by atoms with E-state index in [-0.39, 0.29) is 12.5 Å². The molecule has 2 rings (SSSR count). The molecule has 1 aromatic rings. The fourth-order valence-corrected chi connectivity index (χ4v) is 2.07. The molecule has 1 aliphatic carbocycles. The van der Waals surface area contributed by atoms with Gasteiger partial charge in [0.15, 0.2) is 6.61 Å². The monoisotopic (exact) mass is 292 g/mol. The Morgan fingerprint density at radius 3 is 3.00 bits per heavy atom. The molecular formula is C15H17ClN2O2. The van der Waals surface area contributed by atoms with Crippen LogP contribution in [0.15, 0.2) is 41.2 Å². The van der Waals surface area contributed by atoms with E-state index < -0.39 is 0 Å². The highest BCUT2D eigenvalue weighted by Crippen LogP contribution is 2.17. The van der Waals surface area contributed by atoms with Gasteiger partial charge in [-0.1, -0.05) is 29.8 Å². The van der Waals surface area contributed by atoms with Crippen molar-refractivity contribution in [1.82, 2.24) is 5.43 Å². The van der Waals surface area contributed by atoms with Gasteiger partial charge in [0, 0.05) is 17.0 Å². The Morgan fingerprint density at radius 1 is 1.40 bits per heavy atom. The van der Waals surface area contributed by atoms with Crippen molar-refractivity contribution >= 4 is 23.7 Å². The van der Waals surface area contributed by atoms with E-state index in [1.54, 1.807) is 6.07 Å². The summed E-state index contributed by atoms with van der Waals surface area (Å²) in [4.78, 5) is 11.6. The average molecular weight is 293 g/mol. The Hall–Kier alpha value is -1.81. The quantitative estimate of drug-likeness (QED) is 0.669. The molecule has 0 radical (unpaired) electrons. The molecule has 1 aromatic carbocycles. The zero-order valence-electron chi connectivity index (χ0n) is 11.1. The van der Waals surface area contributed by atoms with Gasteiger partial charge in [-0.25, -0.2) is 5.43 Å². The minimum Gasteiger partial charge on any atom is -0.488 e. The average Bonchev–Trinajstić information content (AvgIpc) is 2.48. The second kappa shape index (κ2) is 7.70. The Morgan fingerprint density at radius 2 is 2.25 bits per heavy atom. The fraction of sp³-hybridized carbons (Fsp3) is 0.333. The van der Waals surface area contributed by atoms with E-state index >= 15 is 0 Å². The first-order valence-corrected chi connectivity index (χ1v) is 7.02. The summed E-state index contributed by atoms with van der Waals surface area (Å²) in [5.74, 6) is 0.626. The number of rotatable bonds is 5. The van der Waals surface area contributed by atoms with Crippen molar-refractivity contribution in [2.24, 2.45) is 5.10 Å². The molecule has 0 unspecified atom stereocenters. The van der Waals surface area contributed by atoms with Crippen LogP contribution in [0.1, 0.15) is 31.2 Å². The van der Waals surface area contributed by atoms with E-state index in [2.05, 4.69) is 10.5 Å². The van der Waals surface area contributed by atoms with E-state index in [4.69, 9.17) is 16.3 Å². The van der Waals surface area contributed by atoms with Gasteiger partial charge in [0.25, 0.3) is 5.91 Å². The van der Waals surface area contributed by atoms with Crippen molar-refractivity contribution in [2.45, 2.75) is 25.7 Å². The second-order valence-corrected chi connectivity index (χ2v) is 4.93. The molecule has 0 heterocycles. The third-order valence-electron chi connectivity index (χ3n) is 2.94. The molecule has 0 aromatic heterocycles. The van der Waals surface area contributed by atoms with Gasteiger partial charge >= 0.3 is 0 Å². The number of hydrazone groups is 1. The molecular weight excluding hydrogens is 276 g/mol. The molecule has 4 nitrogen and oxygen atoms in total. The zero-order chi connectivity index (χ0) is 14.2. The van der Waals surface area contributed by atoms with Crippen LogP contribution < -0.4 is 5.43 Å². The lowest BCUT2D eigenvalue weighted by molar-refractivity contribution is -0.124. The predicted octanol–water partition coefficient (Wildman–Crippen LogP) is 3.26. The molecule has 106 valence electrons. The van der Waals surface area contributed by atoms with Crippen LogP contribution >= 0.6 is 11.6 Å². The Balaban J connectivity index is 1.75. The van der Waals surface area contributed by atoms with E-state index in [1.807, 2.05) is 24.3 Å². The van der Waals surface area contributed by atoms with Gasteiger partial charge in [-0.05, 0) is 31.4 Å². The van der Waals surface area contributed by atoms with Crippen molar-refractivity contribution in [3.05, 3.63) is 46.7 Å². The highest BCUT2D eigenvalue weighted by Gasteiger charge is 2.07. The molecule has 1 N–H and O–H groups in total. The van der Waals surface area contributed by atoms with E-state index in [9.17, 15) is 4.79 Å². The van der Waals surface area contributed by atoms with E-state index in [1.165, 1.54) is 12.6 Å². The lowest BCUT2D eigenvalue weighted by atomic mass is 10.1. The van der Waals surface area contributed by atoms with Crippen molar-refractivity contribution in [3.63, 3.8) is 0 Å². The number of ether oxygens (including phenoxy) is 1. The minimum atomic E-state index is -0.278. The van der Waals surface area contributed by atoms with Gasteiger partial charge in [-0.15, -0.1) is 0 Å². The zero-order valence-corrected chi connectivity index (χ0v) is 11.9. The molecule has 1 amide bonds. The maximum absolute atomic E-state index is 11.6. The smallest absolute Gasteiger partial charge is 0.277 e. The van der Waals surface area contributed by atoms with Gasteiger partial charge in [0.1, 0.15) is 0 Å². The highest BCUT2D eigenvalue weighted by molar-refractivity contribution is 6.33. The predicted molar refractivity (Wildman–Crippen MR) is 79.7 cm³/mol. The summed E-state index contributed by atoms with van der Waals surface area (Å²) in [5.41, 5.74) is 3.17. The largest absolute Gasteiger partial charge is 0.488 e. The van der Waals surface area contributed by atoms with Crippen LogP contribution in [0.2, 0.25) is 5.02 Å². The number of carbonyl (C=O) groups excluding carboxylic acids is 1. The normalized spacial score (nSPS) is 14.9. The number of hydrogen-bond acceptors (Lipinski definition) is 3. The summed E-state index contributed by atoms with van der Waals surface area (Å²) in [7, 11) is 0. The van der Waals surface area contributed by atoms with Crippen LogP contribution in [0.4, 0.5) is 0 Å². The topological polar surface area (TPSA) is 50.7 Å². The number of carbonyl (C=O) groups is 1. The molecule has 1 aliphatic rings. The number of allylic oxidation sites excluding steroid dienone is 2. The Labute approximate surface area is 123 Å². The maximum Gasteiger partial charge on any atom is 0.277 e. The summed E-state index contributed by atoms with van der Waals surface area (Å²) in [6, 6.07) is 7.28. The minimum absolute atomic E-state index is 0.00824. The lowest BCUT2D eigenvalue weighted by Gasteiger charge is -2.13. The molecule has 0 saturated carbocycles. The molecule has 0 saturated heterocycles. The van der Waals surface area contributed by atoms with Crippen LogP contribution in [0, 0.1) is 0 Å². The third-order valence-corrected chi connectivity index (χ3v) is 3.28. The molecule has 0 bridgehead atoms. The summed E-state index contributed by atoms with van der Waals surface area (Å²) >= 11 is 5.97. The first kappa shape index (κ1) is 14.6. The number of nitrogens with one attached hydrogen (secondary N) is 1. The first-order chi connectivity index (χ1) is 9.75. The molecule has 0 spiro atoms. The first-order valence-electron chi connectivity index (χ1n) is 6.64. The van der Waals surface area contributed by atoms with Gasteiger partial charge in [-0.2, -0.15) is 5.10 Å². The van der Waals surface area contributed by atoms with Crippen molar-refractivity contribution in [1.29, 1.82) is 0 Å². The van der Waals surface area contributed by atoms with Gasteiger partial charge in [0.2, 0.25) is 0 Å². The number of nitrogens with zero attached hydrogens (tertiary/aromatic N) is 1. The van der Waals surface area contributed by atoms with Crippen LogP contribution in [-0.4, -0.2) is 18.7 Å². The summed E-state index contributed by atoms with van der Waals surface area (Å²) in [6.45, 7) is -0.00824. The summed E-state index contributed by atoms with van der Waals surface area (Å²) in [6.07, 6.45) is 7.82. The fourth-order valence-electron chi connectivity index (χ4n) is 1.88. The SMILES string of the molecule is O=C(COC1=CCCCC1)N/N=C\c1ccccc1Cl. The second-order valence-electron chi connectivity index (χ2n) is 4.52. The number of amides is 1. The Bertz CT molecular complexity index is 526. The summed E-state index contributed by atoms with van der Waals surface area (Å²) < 4.78 is 5.42. The van der Waals surface area contributed by atoms with Crippen LogP contribution in [0.25, 0.3) is 0 Å². The third kappa shape index (κ3) is 4.70. The Kier molecular flexibility index (Phi) is 5.62. The molecule has 20 heavy (non-hydrogen) atoms. The van der Waals surface area contributed by atoms with Gasteiger partial charge in [0.05, 0.1) is 12.0 Å². The van der Waals surface area contributed by atoms with Crippen LogP contribution in [0.5, 0.6) is 0 Å². The van der Waals surface area contributed by atoms with Crippen molar-refractivity contribution in [2.75, 3.05) is 6.61 Å². The molecule has 0 fully saturated rings. The van der Waals surface area contributed by atoms with Gasteiger partial charge < -0.3 is 4.74 Å². The van der Waals surface area contributed by atoms with E-state index in [0.717, 1.165) is 30.6 Å². The molecule has 0 aliphatic heterocycles.